The molecule has 4 nitrogen and oxygen atoms in total. The van der Waals surface area contributed by atoms with Crippen molar-refractivity contribution in [1.29, 1.82) is 0 Å². The summed E-state index contributed by atoms with van der Waals surface area (Å²) < 4.78 is 25.4. The van der Waals surface area contributed by atoms with Crippen molar-refractivity contribution in [3.8, 4) is 0 Å². The van der Waals surface area contributed by atoms with Gasteiger partial charge in [0.15, 0.2) is 0 Å². The van der Waals surface area contributed by atoms with Crippen molar-refractivity contribution in [2.24, 2.45) is 4.99 Å². The minimum Gasteiger partial charge on any atom is -0.258 e. The van der Waals surface area contributed by atoms with Crippen LogP contribution in [0.1, 0.15) is 0 Å². The van der Waals surface area contributed by atoms with E-state index in [-0.39, 0.29) is 11.4 Å². The number of nitrogens with zero attached hydrogens (tertiary/aromatic N) is 1. The van der Waals surface area contributed by atoms with E-state index in [0.29, 0.717) is 5.69 Å². The summed E-state index contributed by atoms with van der Waals surface area (Å²) in [6.45, 7) is 0.247. The summed E-state index contributed by atoms with van der Waals surface area (Å²) in [6, 6.07) is 6.66. The average Bonchev–Trinajstić information content (AvgIpc) is 2.26. The maximum absolute atomic E-state index is 11.5. The Kier molecular flexibility index (Phi) is 1.90. The molecule has 0 atom stereocenters. The van der Waals surface area contributed by atoms with Gasteiger partial charge < -0.3 is 0 Å². The Morgan fingerprint density at radius 1 is 1.31 bits per heavy atom. The highest BCUT2D eigenvalue weighted by Gasteiger charge is 2.18. The van der Waals surface area contributed by atoms with E-state index in [1.54, 1.807) is 30.5 Å². The van der Waals surface area contributed by atoms with Gasteiger partial charge in [-0.2, -0.15) is 0 Å². The number of nitrogens with one attached hydrogen (secondary N) is 1. The number of hydrogen-bond acceptors (Lipinski definition) is 3. The lowest BCUT2D eigenvalue weighted by Crippen LogP contribution is -2.23. The summed E-state index contributed by atoms with van der Waals surface area (Å²) >= 11 is 0. The Morgan fingerprint density at radius 3 is 2.92 bits per heavy atom. The van der Waals surface area contributed by atoms with Gasteiger partial charge in [0, 0.05) is 12.8 Å². The molecule has 0 amide bonds. The SMILES string of the molecule is O=S1(=O)NCC=Nc2ccccc21. The van der Waals surface area contributed by atoms with Gasteiger partial charge in [-0.15, -0.1) is 0 Å². The summed E-state index contributed by atoms with van der Waals surface area (Å²) in [5.74, 6) is 0. The first-order chi connectivity index (χ1) is 6.20. The van der Waals surface area contributed by atoms with E-state index in [1.807, 2.05) is 0 Å². The van der Waals surface area contributed by atoms with Crippen LogP contribution in [0.25, 0.3) is 0 Å². The molecule has 1 aromatic rings. The van der Waals surface area contributed by atoms with Crippen molar-refractivity contribution in [1.82, 2.24) is 4.72 Å². The zero-order chi connectivity index (χ0) is 9.31. The lowest BCUT2D eigenvalue weighted by molar-refractivity contribution is 0.587. The normalized spacial score (nSPS) is 19.1. The van der Waals surface area contributed by atoms with Crippen LogP contribution in [-0.4, -0.2) is 21.2 Å². The molecule has 0 unspecified atom stereocenters. The zero-order valence-corrected chi connectivity index (χ0v) is 7.58. The molecule has 1 aromatic carbocycles. The maximum atomic E-state index is 11.5. The van der Waals surface area contributed by atoms with Crippen LogP contribution in [0.2, 0.25) is 0 Å². The highest BCUT2D eigenvalue weighted by atomic mass is 32.2. The first kappa shape index (κ1) is 8.40. The first-order valence-corrected chi connectivity index (χ1v) is 5.30. The Hall–Kier alpha value is -1.20. The molecule has 0 spiro atoms. The van der Waals surface area contributed by atoms with E-state index in [9.17, 15) is 8.42 Å². The molecule has 1 heterocycles. The summed E-state index contributed by atoms with van der Waals surface area (Å²) in [5.41, 5.74) is 0.493. The van der Waals surface area contributed by atoms with Gasteiger partial charge in [0.1, 0.15) is 4.90 Å². The molecular weight excluding hydrogens is 188 g/mol. The van der Waals surface area contributed by atoms with E-state index >= 15 is 0 Å². The Labute approximate surface area is 76.4 Å². The van der Waals surface area contributed by atoms with Gasteiger partial charge in [0.2, 0.25) is 10.0 Å². The summed E-state index contributed by atoms with van der Waals surface area (Å²) in [4.78, 5) is 4.26. The minimum absolute atomic E-state index is 0.240. The molecule has 1 aliphatic rings. The largest absolute Gasteiger partial charge is 0.258 e. The van der Waals surface area contributed by atoms with Gasteiger partial charge in [0.25, 0.3) is 0 Å². The molecule has 2 rings (SSSR count). The third kappa shape index (κ3) is 1.48. The van der Waals surface area contributed by atoms with Gasteiger partial charge in [-0.1, -0.05) is 12.1 Å². The molecule has 1 N–H and O–H groups in total. The van der Waals surface area contributed by atoms with Crippen molar-refractivity contribution >= 4 is 21.9 Å². The minimum atomic E-state index is -3.35. The van der Waals surface area contributed by atoms with Crippen LogP contribution in [0.3, 0.4) is 0 Å². The summed E-state index contributed by atoms with van der Waals surface area (Å²) in [6.07, 6.45) is 1.55. The molecule has 0 bridgehead atoms. The Balaban J connectivity index is 2.70. The van der Waals surface area contributed by atoms with Gasteiger partial charge in [-0.3, -0.25) is 4.99 Å². The molecule has 0 saturated heterocycles. The van der Waals surface area contributed by atoms with Crippen molar-refractivity contribution in [2.75, 3.05) is 6.54 Å². The standard InChI is InChI=1S/C8H8N2O2S/c11-13(12)8-4-2-1-3-7(8)9-5-6-10-13/h1-5,10H,6H2. The molecule has 0 fully saturated rings. The van der Waals surface area contributed by atoms with Crippen LogP contribution >= 0.6 is 0 Å². The molecule has 68 valence electrons. The van der Waals surface area contributed by atoms with Gasteiger partial charge in [0.05, 0.1) is 5.69 Å². The molecule has 13 heavy (non-hydrogen) atoms. The number of hydrogen-bond donors (Lipinski definition) is 1. The zero-order valence-electron chi connectivity index (χ0n) is 6.77. The molecule has 0 aliphatic carbocycles. The number of sulfonamides is 1. The van der Waals surface area contributed by atoms with E-state index < -0.39 is 10.0 Å². The van der Waals surface area contributed by atoms with Gasteiger partial charge >= 0.3 is 0 Å². The van der Waals surface area contributed by atoms with Crippen LogP contribution in [0, 0.1) is 0 Å². The predicted octanol–water partition coefficient (Wildman–Crippen LogP) is 0.681. The third-order valence-electron chi connectivity index (χ3n) is 1.75. The van der Waals surface area contributed by atoms with Crippen LogP contribution in [0.5, 0.6) is 0 Å². The van der Waals surface area contributed by atoms with E-state index in [0.717, 1.165) is 0 Å². The van der Waals surface area contributed by atoms with E-state index in [1.165, 1.54) is 0 Å². The smallest absolute Gasteiger partial charge is 0.243 e. The molecule has 0 radical (unpaired) electrons. The highest BCUT2D eigenvalue weighted by molar-refractivity contribution is 7.89. The average molecular weight is 196 g/mol. The topological polar surface area (TPSA) is 58.5 Å². The molecule has 5 heteroatoms. The quantitative estimate of drug-likeness (QED) is 0.663. The third-order valence-corrected chi connectivity index (χ3v) is 3.22. The number of para-hydroxylation sites is 1. The second-order valence-corrected chi connectivity index (χ2v) is 4.37. The van der Waals surface area contributed by atoms with Crippen LogP contribution < -0.4 is 4.72 Å². The van der Waals surface area contributed by atoms with Gasteiger partial charge in [-0.05, 0) is 12.1 Å². The first-order valence-electron chi connectivity index (χ1n) is 3.81. The lowest BCUT2D eigenvalue weighted by atomic mass is 10.3. The van der Waals surface area contributed by atoms with Crippen molar-refractivity contribution < 1.29 is 8.42 Å². The van der Waals surface area contributed by atoms with Crippen LogP contribution in [-0.2, 0) is 10.0 Å². The Bertz CT molecular complexity index is 451. The second kappa shape index (κ2) is 2.93. The molecule has 0 aromatic heterocycles. The monoisotopic (exact) mass is 196 g/mol. The lowest BCUT2D eigenvalue weighted by Gasteiger charge is -2.02. The number of fused-ring (bicyclic) bond motifs is 1. The van der Waals surface area contributed by atoms with E-state index in [2.05, 4.69) is 9.71 Å². The molecule has 1 aliphatic heterocycles. The highest BCUT2D eigenvalue weighted by Crippen LogP contribution is 2.23. The molecule has 0 saturated carbocycles. The number of aliphatic imine (C=N–C) groups is 1. The van der Waals surface area contributed by atoms with Crippen LogP contribution in [0.15, 0.2) is 34.2 Å². The predicted molar refractivity (Wildman–Crippen MR) is 49.8 cm³/mol. The fourth-order valence-electron chi connectivity index (χ4n) is 1.16. The van der Waals surface area contributed by atoms with Gasteiger partial charge in [-0.25, -0.2) is 13.1 Å². The molecular formula is C8H8N2O2S. The summed E-state index contributed by atoms with van der Waals surface area (Å²) in [5, 5.41) is 0. The van der Waals surface area contributed by atoms with E-state index in [4.69, 9.17) is 0 Å². The van der Waals surface area contributed by atoms with Crippen molar-refractivity contribution in [2.45, 2.75) is 4.90 Å². The summed E-state index contributed by atoms with van der Waals surface area (Å²) in [7, 11) is -3.35. The van der Waals surface area contributed by atoms with Crippen molar-refractivity contribution in [3.63, 3.8) is 0 Å². The second-order valence-electron chi connectivity index (χ2n) is 2.63. The van der Waals surface area contributed by atoms with Crippen molar-refractivity contribution in [3.05, 3.63) is 24.3 Å². The number of benzene rings is 1. The Morgan fingerprint density at radius 2 is 2.08 bits per heavy atom. The fourth-order valence-corrected chi connectivity index (χ4v) is 2.26. The number of rotatable bonds is 0. The maximum Gasteiger partial charge on any atom is 0.243 e. The fraction of sp³-hybridized carbons (Fsp3) is 0.125. The van der Waals surface area contributed by atoms with Crippen LogP contribution in [0.4, 0.5) is 5.69 Å².